The fourth-order valence-electron chi connectivity index (χ4n) is 1.70. The van der Waals surface area contributed by atoms with Crippen molar-refractivity contribution in [3.05, 3.63) is 46.3 Å². The van der Waals surface area contributed by atoms with Gasteiger partial charge in [0.25, 0.3) is 0 Å². The van der Waals surface area contributed by atoms with Crippen molar-refractivity contribution in [1.82, 2.24) is 15.2 Å². The maximum absolute atomic E-state index is 5.91. The maximum Gasteiger partial charge on any atom is 0.245 e. The molecule has 0 aliphatic carbocycles. The van der Waals surface area contributed by atoms with Crippen LogP contribution in [0.4, 0.5) is 5.82 Å². The predicted octanol–water partition coefficient (Wildman–Crippen LogP) is 3.57. The second-order valence-corrected chi connectivity index (χ2v) is 5.52. The van der Waals surface area contributed by atoms with E-state index >= 15 is 0 Å². The van der Waals surface area contributed by atoms with E-state index in [-0.39, 0.29) is 15.9 Å². The molecule has 0 amide bonds. The van der Waals surface area contributed by atoms with Crippen molar-refractivity contribution in [1.29, 1.82) is 0 Å². The molecule has 6 heteroatoms. The van der Waals surface area contributed by atoms with E-state index in [4.69, 9.17) is 23.2 Å². The van der Waals surface area contributed by atoms with Gasteiger partial charge in [0.1, 0.15) is 0 Å². The quantitative estimate of drug-likeness (QED) is 0.937. The van der Waals surface area contributed by atoms with Crippen molar-refractivity contribution in [2.75, 3.05) is 11.9 Å². The Balaban J connectivity index is 2.12. The van der Waals surface area contributed by atoms with Gasteiger partial charge in [-0.25, -0.2) is 0 Å². The molecule has 0 spiro atoms. The zero-order valence-corrected chi connectivity index (χ0v) is 12.2. The molecule has 0 fully saturated rings. The largest absolute Gasteiger partial charge is 0.366 e. The average Bonchev–Trinajstić information content (AvgIpc) is 2.41. The van der Waals surface area contributed by atoms with E-state index in [0.717, 1.165) is 0 Å². The van der Waals surface area contributed by atoms with Crippen LogP contribution in [0.3, 0.4) is 0 Å². The minimum Gasteiger partial charge on any atom is -0.366 e. The molecule has 19 heavy (non-hydrogen) atoms. The highest BCUT2D eigenvalue weighted by Gasteiger charge is 2.21. The van der Waals surface area contributed by atoms with Crippen LogP contribution in [0.25, 0.3) is 0 Å². The van der Waals surface area contributed by atoms with Gasteiger partial charge in [-0.2, -0.15) is 4.98 Å². The van der Waals surface area contributed by atoms with Gasteiger partial charge in [-0.15, -0.1) is 10.2 Å². The first-order valence-electron chi connectivity index (χ1n) is 5.84. The Morgan fingerprint density at radius 3 is 2.47 bits per heavy atom. The first kappa shape index (κ1) is 14.0. The van der Waals surface area contributed by atoms with Gasteiger partial charge in [-0.05, 0) is 17.2 Å². The van der Waals surface area contributed by atoms with Crippen molar-refractivity contribution in [2.24, 2.45) is 0 Å². The van der Waals surface area contributed by atoms with Crippen LogP contribution in [0.1, 0.15) is 19.4 Å². The summed E-state index contributed by atoms with van der Waals surface area (Å²) in [5.41, 5.74) is 1.16. The van der Waals surface area contributed by atoms with Crippen LogP contribution < -0.4 is 5.32 Å². The lowest BCUT2D eigenvalue weighted by molar-refractivity contribution is 0.556. The number of hydrogen-bond donors (Lipinski definition) is 1. The van der Waals surface area contributed by atoms with Crippen molar-refractivity contribution in [3.8, 4) is 0 Å². The molecule has 1 aromatic carbocycles. The number of benzene rings is 1. The molecule has 1 heterocycles. The molecular weight excluding hydrogens is 283 g/mol. The standard InChI is InChI=1S/C13H14Cl2N4/c1-13(2,9-6-4-3-5-7-9)8-16-11-10(14)18-19-12(15)17-11/h3-7H,8H2,1-2H3,(H,16,17,19). The molecule has 1 N–H and O–H groups in total. The lowest BCUT2D eigenvalue weighted by atomic mass is 9.85. The zero-order chi connectivity index (χ0) is 13.9. The monoisotopic (exact) mass is 296 g/mol. The van der Waals surface area contributed by atoms with Gasteiger partial charge in [0.2, 0.25) is 5.28 Å². The molecule has 0 saturated heterocycles. The summed E-state index contributed by atoms with van der Waals surface area (Å²) in [6, 6.07) is 10.2. The van der Waals surface area contributed by atoms with E-state index in [1.54, 1.807) is 0 Å². The third-order valence-electron chi connectivity index (χ3n) is 2.87. The number of nitrogens with one attached hydrogen (secondary N) is 1. The van der Waals surface area contributed by atoms with E-state index in [9.17, 15) is 0 Å². The molecule has 0 unspecified atom stereocenters. The van der Waals surface area contributed by atoms with Gasteiger partial charge in [0, 0.05) is 12.0 Å². The van der Waals surface area contributed by atoms with Crippen LogP contribution in [0, 0.1) is 0 Å². The molecule has 2 aromatic rings. The van der Waals surface area contributed by atoms with Crippen LogP contribution in [-0.4, -0.2) is 21.7 Å². The van der Waals surface area contributed by atoms with Crippen LogP contribution >= 0.6 is 23.2 Å². The smallest absolute Gasteiger partial charge is 0.245 e. The van der Waals surface area contributed by atoms with Crippen molar-refractivity contribution in [2.45, 2.75) is 19.3 Å². The summed E-state index contributed by atoms with van der Waals surface area (Å²) in [5.74, 6) is 0.450. The number of anilines is 1. The first-order chi connectivity index (χ1) is 8.99. The molecule has 0 aliphatic heterocycles. The highest BCUT2D eigenvalue weighted by molar-refractivity contribution is 6.32. The molecule has 1 aromatic heterocycles. The Bertz CT molecular complexity index is 558. The van der Waals surface area contributed by atoms with Crippen molar-refractivity contribution < 1.29 is 0 Å². The van der Waals surface area contributed by atoms with Gasteiger partial charge in [0.05, 0.1) is 0 Å². The fourth-order valence-corrected chi connectivity index (χ4v) is 1.97. The summed E-state index contributed by atoms with van der Waals surface area (Å²) in [6.45, 7) is 4.94. The van der Waals surface area contributed by atoms with E-state index in [0.29, 0.717) is 12.4 Å². The third-order valence-corrected chi connectivity index (χ3v) is 3.29. The van der Waals surface area contributed by atoms with E-state index in [2.05, 4.69) is 46.5 Å². The Morgan fingerprint density at radius 1 is 1.11 bits per heavy atom. The van der Waals surface area contributed by atoms with Crippen LogP contribution in [0.5, 0.6) is 0 Å². The highest BCUT2D eigenvalue weighted by atomic mass is 35.5. The second kappa shape index (κ2) is 5.72. The molecule has 0 bridgehead atoms. The Hall–Kier alpha value is -1.39. The summed E-state index contributed by atoms with van der Waals surface area (Å²) in [6.07, 6.45) is 0. The van der Waals surface area contributed by atoms with Gasteiger partial charge < -0.3 is 5.32 Å². The van der Waals surface area contributed by atoms with E-state index in [1.165, 1.54) is 5.56 Å². The SMILES string of the molecule is CC(C)(CNc1nc(Cl)nnc1Cl)c1ccccc1. The lowest BCUT2D eigenvalue weighted by Gasteiger charge is -2.26. The first-order valence-corrected chi connectivity index (χ1v) is 6.60. The zero-order valence-electron chi connectivity index (χ0n) is 10.7. The molecule has 0 saturated carbocycles. The fraction of sp³-hybridized carbons (Fsp3) is 0.308. The van der Waals surface area contributed by atoms with E-state index < -0.39 is 0 Å². The van der Waals surface area contributed by atoms with Gasteiger partial charge in [-0.1, -0.05) is 55.8 Å². The van der Waals surface area contributed by atoms with E-state index in [1.807, 2.05) is 18.2 Å². The highest BCUT2D eigenvalue weighted by Crippen LogP contribution is 2.24. The minimum atomic E-state index is -0.0674. The summed E-state index contributed by atoms with van der Waals surface area (Å²) in [7, 11) is 0. The van der Waals surface area contributed by atoms with Crippen LogP contribution in [0.2, 0.25) is 10.4 Å². The molecular formula is C13H14Cl2N4. The number of nitrogens with zero attached hydrogens (tertiary/aromatic N) is 3. The molecule has 100 valence electrons. The summed E-state index contributed by atoms with van der Waals surface area (Å²) >= 11 is 11.6. The third kappa shape index (κ3) is 3.55. The molecule has 0 aliphatic rings. The Morgan fingerprint density at radius 2 is 1.79 bits per heavy atom. The average molecular weight is 297 g/mol. The topological polar surface area (TPSA) is 50.7 Å². The van der Waals surface area contributed by atoms with Gasteiger partial charge in [-0.3, -0.25) is 0 Å². The normalized spacial score (nSPS) is 11.4. The molecule has 0 atom stereocenters. The predicted molar refractivity (Wildman–Crippen MR) is 77.8 cm³/mol. The maximum atomic E-state index is 5.91. The van der Waals surface area contributed by atoms with Gasteiger partial charge in [0.15, 0.2) is 11.0 Å². The number of hydrogen-bond acceptors (Lipinski definition) is 4. The van der Waals surface area contributed by atoms with Crippen LogP contribution in [0.15, 0.2) is 30.3 Å². The van der Waals surface area contributed by atoms with Crippen molar-refractivity contribution in [3.63, 3.8) is 0 Å². The number of halogens is 2. The molecule has 4 nitrogen and oxygen atoms in total. The summed E-state index contributed by atoms with van der Waals surface area (Å²) < 4.78 is 0. The summed E-state index contributed by atoms with van der Waals surface area (Å²) in [5, 5.41) is 10.7. The van der Waals surface area contributed by atoms with Crippen LogP contribution in [-0.2, 0) is 5.41 Å². The molecule has 2 rings (SSSR count). The molecule has 0 radical (unpaired) electrons. The number of rotatable bonds is 4. The summed E-state index contributed by atoms with van der Waals surface area (Å²) in [4.78, 5) is 4.02. The Kier molecular flexibility index (Phi) is 4.22. The number of aromatic nitrogens is 3. The van der Waals surface area contributed by atoms with Crippen molar-refractivity contribution >= 4 is 29.0 Å². The Labute approximate surface area is 122 Å². The second-order valence-electron chi connectivity index (χ2n) is 4.82. The lowest BCUT2D eigenvalue weighted by Crippen LogP contribution is -2.28. The van der Waals surface area contributed by atoms with Gasteiger partial charge >= 0.3 is 0 Å². The minimum absolute atomic E-state index is 0.0674.